The number of methoxy groups -OCH3 is 1. The Balaban J connectivity index is 1.43. The Hall–Kier alpha value is -3.52. The van der Waals surface area contributed by atoms with Crippen LogP contribution in [-0.4, -0.2) is 47.0 Å². The van der Waals surface area contributed by atoms with E-state index in [1.54, 1.807) is 0 Å². The van der Waals surface area contributed by atoms with Crippen LogP contribution in [0.5, 0.6) is 5.75 Å². The third kappa shape index (κ3) is 5.91. The van der Waals surface area contributed by atoms with E-state index in [9.17, 15) is 9.59 Å². The Kier molecular flexibility index (Phi) is 8.41. The van der Waals surface area contributed by atoms with Crippen molar-refractivity contribution >= 4 is 28.8 Å². The molecule has 1 atom stereocenters. The molecule has 8 heteroatoms. The second-order valence-electron chi connectivity index (χ2n) is 10.2. The van der Waals surface area contributed by atoms with E-state index in [-0.39, 0.29) is 18.4 Å². The van der Waals surface area contributed by atoms with E-state index >= 15 is 0 Å². The van der Waals surface area contributed by atoms with Crippen LogP contribution in [0.2, 0.25) is 0 Å². The van der Waals surface area contributed by atoms with Crippen molar-refractivity contribution in [1.29, 1.82) is 0 Å². The number of hydrogen-bond donors (Lipinski definition) is 0. The van der Waals surface area contributed by atoms with Crippen LogP contribution in [-0.2, 0) is 20.9 Å². The number of carbonyl (C=O) groups excluding carboxylic acids is 2. The highest BCUT2D eigenvalue weighted by Gasteiger charge is 2.41. The average Bonchev–Trinajstić information content (AvgIpc) is 3.37. The maximum absolute atomic E-state index is 13.4. The Morgan fingerprint density at radius 1 is 1.08 bits per heavy atom. The first kappa shape index (κ1) is 27.1. The van der Waals surface area contributed by atoms with Crippen LogP contribution in [0.15, 0.2) is 82.0 Å². The van der Waals surface area contributed by atoms with E-state index in [1.165, 1.54) is 38.1 Å². The van der Waals surface area contributed by atoms with Crippen molar-refractivity contribution in [3.05, 3.63) is 88.1 Å². The number of thioether (sulfide) groups is 1. The van der Waals surface area contributed by atoms with Crippen LogP contribution < -0.4 is 4.74 Å². The van der Waals surface area contributed by atoms with Gasteiger partial charge in [0.1, 0.15) is 12.4 Å². The van der Waals surface area contributed by atoms with Gasteiger partial charge in [0.25, 0.3) is 0 Å². The summed E-state index contributed by atoms with van der Waals surface area (Å²) in [6.45, 7) is 2.27. The maximum Gasteiger partial charge on any atom is 0.338 e. The summed E-state index contributed by atoms with van der Waals surface area (Å²) in [5.41, 5.74) is 3.85. The molecule has 1 unspecified atom stereocenters. The zero-order chi connectivity index (χ0) is 27.4. The van der Waals surface area contributed by atoms with E-state index in [0.29, 0.717) is 23.6 Å². The predicted molar refractivity (Wildman–Crippen MR) is 154 cm³/mol. The summed E-state index contributed by atoms with van der Waals surface area (Å²) in [7, 11) is 3.30. The second-order valence-corrected chi connectivity index (χ2v) is 11.0. The largest absolute Gasteiger partial charge is 0.489 e. The minimum atomic E-state index is -0.487. The summed E-state index contributed by atoms with van der Waals surface area (Å²) in [5.74, 6) is 0.352. The van der Waals surface area contributed by atoms with Gasteiger partial charge >= 0.3 is 5.97 Å². The fraction of sp³-hybridized carbons (Fsp3) is 0.387. The van der Waals surface area contributed by atoms with Crippen molar-refractivity contribution in [2.24, 2.45) is 4.99 Å². The van der Waals surface area contributed by atoms with Crippen molar-refractivity contribution in [2.45, 2.75) is 64.1 Å². The predicted octanol–water partition coefficient (Wildman–Crippen LogP) is 6.19. The van der Waals surface area contributed by atoms with Gasteiger partial charge in [0.05, 0.1) is 30.8 Å². The van der Waals surface area contributed by atoms with E-state index in [2.05, 4.69) is 0 Å². The van der Waals surface area contributed by atoms with Crippen molar-refractivity contribution in [3.8, 4) is 5.75 Å². The number of nitrogens with zero attached hydrogens (tertiary/aromatic N) is 3. The number of ether oxygens (including phenoxy) is 2. The van der Waals surface area contributed by atoms with Crippen LogP contribution >= 0.6 is 11.8 Å². The van der Waals surface area contributed by atoms with Gasteiger partial charge in [0.15, 0.2) is 5.17 Å². The fourth-order valence-electron chi connectivity index (χ4n) is 5.52. The molecule has 3 aliphatic rings. The monoisotopic (exact) mass is 545 g/mol. The first-order chi connectivity index (χ1) is 19.0. The molecule has 2 heterocycles. The molecule has 5 rings (SSSR count). The molecule has 1 fully saturated rings. The molecule has 2 aromatic rings. The molecular formula is C31H35N3O4S. The average molecular weight is 546 g/mol. The van der Waals surface area contributed by atoms with Gasteiger partial charge in [-0.2, -0.15) is 0 Å². The minimum absolute atomic E-state index is 0.0830. The number of aliphatic imine (C=N–C) groups is 1. The zero-order valence-electron chi connectivity index (χ0n) is 22.8. The van der Waals surface area contributed by atoms with Crippen molar-refractivity contribution < 1.29 is 19.1 Å². The van der Waals surface area contributed by atoms with Gasteiger partial charge in [0.2, 0.25) is 5.91 Å². The van der Waals surface area contributed by atoms with Gasteiger partial charge in [-0.25, -0.2) is 9.79 Å². The molecule has 0 saturated heterocycles. The molecule has 0 spiro atoms. The van der Waals surface area contributed by atoms with E-state index in [1.807, 2.05) is 83.8 Å². The van der Waals surface area contributed by atoms with Crippen LogP contribution in [0.4, 0.5) is 0 Å². The lowest BCUT2D eigenvalue weighted by molar-refractivity contribution is -0.136. The normalized spacial score (nSPS) is 19.3. The van der Waals surface area contributed by atoms with E-state index in [0.717, 1.165) is 34.8 Å². The molecule has 2 aromatic carbocycles. The summed E-state index contributed by atoms with van der Waals surface area (Å²) >= 11 is 1.48. The molecule has 39 heavy (non-hydrogen) atoms. The van der Waals surface area contributed by atoms with Gasteiger partial charge in [-0.3, -0.25) is 4.79 Å². The summed E-state index contributed by atoms with van der Waals surface area (Å²) in [6, 6.07) is 17.6. The number of hydrogen-bond acceptors (Lipinski definition) is 7. The Bertz CT molecular complexity index is 1310. The number of benzene rings is 2. The highest BCUT2D eigenvalue weighted by atomic mass is 32.2. The lowest BCUT2D eigenvalue weighted by atomic mass is 9.93. The Labute approximate surface area is 234 Å². The molecule has 7 nitrogen and oxygen atoms in total. The Morgan fingerprint density at radius 3 is 2.59 bits per heavy atom. The van der Waals surface area contributed by atoms with Crippen molar-refractivity contribution in [1.82, 2.24) is 9.80 Å². The second kappa shape index (κ2) is 12.1. The number of allylic oxidation sites excluding steroid dienone is 1. The van der Waals surface area contributed by atoms with Gasteiger partial charge in [-0.1, -0.05) is 73.5 Å². The molecule has 204 valence electrons. The highest BCUT2D eigenvalue weighted by molar-refractivity contribution is 8.16. The van der Waals surface area contributed by atoms with Gasteiger partial charge in [-0.05, 0) is 48.4 Å². The van der Waals surface area contributed by atoms with E-state index in [4.69, 9.17) is 14.5 Å². The standard InChI is InChI=1S/C31H35N3O4S/c1-21-28(30(36)37-3)29(23-13-10-16-26(17-23)38-19-22-11-6-4-7-12-22)34-25(20-39-31(34)32-21)18-27(35)33(2)24-14-8-5-9-15-24/h4,6-7,10-13,16-17,20,24,29H,5,8-9,14-15,18-19H2,1-3H3. The van der Waals surface area contributed by atoms with Crippen LogP contribution in [0.3, 0.4) is 0 Å². The van der Waals surface area contributed by atoms with Gasteiger partial charge < -0.3 is 19.3 Å². The lowest BCUT2D eigenvalue weighted by Gasteiger charge is -2.37. The molecule has 1 aliphatic carbocycles. The first-order valence-corrected chi connectivity index (χ1v) is 14.4. The number of amides is 1. The Morgan fingerprint density at radius 2 is 1.85 bits per heavy atom. The zero-order valence-corrected chi connectivity index (χ0v) is 23.6. The topological polar surface area (TPSA) is 71.4 Å². The number of esters is 1. The number of rotatable bonds is 8. The summed E-state index contributed by atoms with van der Waals surface area (Å²) < 4.78 is 11.3. The molecule has 0 aromatic heterocycles. The minimum Gasteiger partial charge on any atom is -0.489 e. The third-order valence-corrected chi connectivity index (χ3v) is 8.57. The van der Waals surface area contributed by atoms with Crippen LogP contribution in [0, 0.1) is 0 Å². The quantitative estimate of drug-likeness (QED) is 0.368. The van der Waals surface area contributed by atoms with Gasteiger partial charge in [0, 0.05) is 18.8 Å². The summed E-state index contributed by atoms with van der Waals surface area (Å²) in [5, 5.41) is 2.74. The maximum atomic E-state index is 13.4. The summed E-state index contributed by atoms with van der Waals surface area (Å²) in [6.07, 6.45) is 5.93. The molecule has 0 bridgehead atoms. The molecule has 1 amide bonds. The fourth-order valence-corrected chi connectivity index (χ4v) is 6.49. The van der Waals surface area contributed by atoms with Crippen LogP contribution in [0.25, 0.3) is 0 Å². The smallest absolute Gasteiger partial charge is 0.338 e. The number of carbonyl (C=O) groups is 2. The number of fused-ring (bicyclic) bond motifs is 1. The van der Waals surface area contributed by atoms with Gasteiger partial charge in [-0.15, -0.1) is 0 Å². The van der Waals surface area contributed by atoms with Crippen LogP contribution in [0.1, 0.15) is 62.6 Å². The lowest BCUT2D eigenvalue weighted by Crippen LogP contribution is -2.41. The molecule has 1 saturated carbocycles. The van der Waals surface area contributed by atoms with E-state index < -0.39 is 12.0 Å². The molecule has 0 radical (unpaired) electrons. The first-order valence-electron chi connectivity index (χ1n) is 13.5. The number of amidine groups is 1. The molecular weight excluding hydrogens is 510 g/mol. The SMILES string of the molecule is COC(=O)C1=C(C)N=C2SC=C(CC(=O)N(C)C3CCCCC3)N2C1c1cccc(OCc2ccccc2)c1. The molecule has 2 aliphatic heterocycles. The van der Waals surface area contributed by atoms with Crippen molar-refractivity contribution in [2.75, 3.05) is 14.2 Å². The molecule has 0 N–H and O–H groups in total. The van der Waals surface area contributed by atoms with Crippen molar-refractivity contribution in [3.63, 3.8) is 0 Å². The highest BCUT2D eigenvalue weighted by Crippen LogP contribution is 2.45. The summed E-state index contributed by atoms with van der Waals surface area (Å²) in [4.78, 5) is 35.2. The third-order valence-electron chi connectivity index (χ3n) is 7.68.